The molecule has 6 nitrogen and oxygen atoms in total. The first-order valence-electron chi connectivity index (χ1n) is 8.56. The molecule has 0 saturated carbocycles. The van der Waals surface area contributed by atoms with Crippen molar-refractivity contribution in [1.29, 1.82) is 0 Å². The molecule has 3 rings (SSSR count). The molecular weight excluding hydrogens is 371 g/mol. The topological polar surface area (TPSA) is 75.7 Å². The fourth-order valence-electron chi connectivity index (χ4n) is 3.18. The predicted molar refractivity (Wildman–Crippen MR) is 99.7 cm³/mol. The van der Waals surface area contributed by atoms with Gasteiger partial charge in [0.25, 0.3) is 0 Å². The smallest absolute Gasteiger partial charge is 0.244 e. The fourth-order valence-corrected chi connectivity index (χ4v) is 5.08. The van der Waals surface area contributed by atoms with Crippen LogP contribution in [0, 0.1) is 12.7 Å². The molecule has 1 saturated heterocycles. The molecule has 2 aromatic rings. The van der Waals surface area contributed by atoms with E-state index >= 15 is 0 Å². The number of halogens is 1. The van der Waals surface area contributed by atoms with Gasteiger partial charge in [0, 0.05) is 12.6 Å². The summed E-state index contributed by atoms with van der Waals surface area (Å²) in [6.07, 6.45) is 0.931. The van der Waals surface area contributed by atoms with E-state index in [1.54, 1.807) is 25.1 Å². The summed E-state index contributed by atoms with van der Waals surface area (Å²) < 4.78 is 46.5. The van der Waals surface area contributed by atoms with Crippen molar-refractivity contribution in [2.75, 3.05) is 19.0 Å². The monoisotopic (exact) mass is 392 g/mol. The average Bonchev–Trinajstić information content (AvgIpc) is 3.15. The molecule has 0 unspecified atom stereocenters. The number of nitrogens with zero attached hydrogens (tertiary/aromatic N) is 1. The summed E-state index contributed by atoms with van der Waals surface area (Å²) in [5.74, 6) is -0.686. The quantitative estimate of drug-likeness (QED) is 0.849. The molecule has 0 aromatic heterocycles. The van der Waals surface area contributed by atoms with Gasteiger partial charge in [-0.15, -0.1) is 0 Å². The van der Waals surface area contributed by atoms with Crippen molar-refractivity contribution in [3.8, 4) is 5.75 Å². The van der Waals surface area contributed by atoms with Crippen molar-refractivity contribution >= 4 is 21.6 Å². The van der Waals surface area contributed by atoms with Crippen LogP contribution in [0.4, 0.5) is 10.1 Å². The van der Waals surface area contributed by atoms with Crippen molar-refractivity contribution in [3.63, 3.8) is 0 Å². The van der Waals surface area contributed by atoms with Crippen LogP contribution in [0.3, 0.4) is 0 Å². The Morgan fingerprint density at radius 3 is 2.70 bits per heavy atom. The van der Waals surface area contributed by atoms with Crippen molar-refractivity contribution in [2.24, 2.45) is 0 Å². The normalized spacial score (nSPS) is 17.7. The second kappa shape index (κ2) is 7.66. The third-order valence-corrected chi connectivity index (χ3v) is 6.67. The Morgan fingerprint density at radius 2 is 2.00 bits per heavy atom. The Morgan fingerprint density at radius 1 is 1.26 bits per heavy atom. The summed E-state index contributed by atoms with van der Waals surface area (Å²) in [6, 6.07) is 9.70. The third-order valence-electron chi connectivity index (χ3n) is 4.62. The van der Waals surface area contributed by atoms with E-state index in [-0.39, 0.29) is 17.1 Å². The van der Waals surface area contributed by atoms with Gasteiger partial charge in [-0.2, -0.15) is 4.31 Å². The van der Waals surface area contributed by atoms with Crippen molar-refractivity contribution in [3.05, 3.63) is 53.8 Å². The Kier molecular flexibility index (Phi) is 5.48. The molecule has 1 fully saturated rings. The van der Waals surface area contributed by atoms with Crippen LogP contribution in [-0.4, -0.2) is 38.3 Å². The van der Waals surface area contributed by atoms with Gasteiger partial charge in [0.1, 0.15) is 17.6 Å². The van der Waals surface area contributed by atoms with Gasteiger partial charge in [0.15, 0.2) is 0 Å². The van der Waals surface area contributed by atoms with E-state index < -0.39 is 27.8 Å². The highest BCUT2D eigenvalue weighted by Gasteiger charge is 2.40. The highest BCUT2D eigenvalue weighted by molar-refractivity contribution is 7.89. The van der Waals surface area contributed by atoms with Gasteiger partial charge in [-0.3, -0.25) is 4.79 Å². The van der Waals surface area contributed by atoms with Crippen LogP contribution in [0.25, 0.3) is 0 Å². The summed E-state index contributed by atoms with van der Waals surface area (Å²) >= 11 is 0. The minimum atomic E-state index is -3.90. The number of nitrogens with one attached hydrogen (secondary N) is 1. The van der Waals surface area contributed by atoms with Crippen LogP contribution < -0.4 is 10.1 Å². The molecular formula is C19H21FN2O4S. The van der Waals surface area contributed by atoms with Crippen LogP contribution in [0.1, 0.15) is 18.4 Å². The lowest BCUT2D eigenvalue weighted by molar-refractivity contribution is -0.119. The Balaban J connectivity index is 1.89. The number of aryl methyl sites for hydroxylation is 1. The third kappa shape index (κ3) is 3.81. The van der Waals surface area contributed by atoms with E-state index in [4.69, 9.17) is 4.74 Å². The molecule has 1 aliphatic rings. The van der Waals surface area contributed by atoms with Crippen LogP contribution in [0.2, 0.25) is 0 Å². The number of carbonyl (C=O) groups is 1. The molecule has 8 heteroatoms. The number of benzene rings is 2. The van der Waals surface area contributed by atoms with Crippen LogP contribution in [-0.2, 0) is 14.8 Å². The van der Waals surface area contributed by atoms with Crippen LogP contribution in [0.5, 0.6) is 5.75 Å². The zero-order valence-corrected chi connectivity index (χ0v) is 15.9. The van der Waals surface area contributed by atoms with Gasteiger partial charge in [-0.05, 0) is 43.5 Å². The van der Waals surface area contributed by atoms with Gasteiger partial charge >= 0.3 is 0 Å². The molecule has 2 aromatic carbocycles. The van der Waals surface area contributed by atoms with Crippen LogP contribution in [0.15, 0.2) is 47.4 Å². The first kappa shape index (κ1) is 19.3. The lowest BCUT2D eigenvalue weighted by Gasteiger charge is -2.24. The maximum absolute atomic E-state index is 13.8. The number of hydrogen-bond donors (Lipinski definition) is 1. The van der Waals surface area contributed by atoms with Gasteiger partial charge in [0.05, 0.1) is 17.7 Å². The van der Waals surface area contributed by atoms with E-state index in [9.17, 15) is 17.6 Å². The minimum Gasteiger partial charge on any atom is -0.497 e. The van der Waals surface area contributed by atoms with Gasteiger partial charge in [-0.1, -0.05) is 18.2 Å². The number of hydrogen-bond acceptors (Lipinski definition) is 4. The molecule has 0 spiro atoms. The minimum absolute atomic E-state index is 0.0318. The largest absolute Gasteiger partial charge is 0.497 e. The Hall–Kier alpha value is -2.45. The fraction of sp³-hybridized carbons (Fsp3) is 0.316. The number of amides is 1. The van der Waals surface area contributed by atoms with Crippen molar-refractivity contribution in [1.82, 2.24) is 4.31 Å². The number of carbonyl (C=O) groups excluding carboxylic acids is 1. The number of anilines is 1. The number of ether oxygens (including phenoxy) is 1. The number of methoxy groups -OCH3 is 1. The summed E-state index contributed by atoms with van der Waals surface area (Å²) in [6.45, 7) is 1.92. The summed E-state index contributed by atoms with van der Waals surface area (Å²) in [7, 11) is -2.44. The molecule has 1 aliphatic heterocycles. The van der Waals surface area contributed by atoms with E-state index in [2.05, 4.69) is 5.32 Å². The first-order valence-corrected chi connectivity index (χ1v) is 10.0. The Bertz CT molecular complexity index is 962. The van der Waals surface area contributed by atoms with E-state index in [1.807, 2.05) is 0 Å². The second-order valence-corrected chi connectivity index (χ2v) is 8.23. The molecule has 0 radical (unpaired) electrons. The maximum Gasteiger partial charge on any atom is 0.244 e. The second-order valence-electron chi connectivity index (χ2n) is 6.37. The zero-order valence-electron chi connectivity index (χ0n) is 15.1. The summed E-state index contributed by atoms with van der Waals surface area (Å²) in [5, 5.41) is 2.50. The van der Waals surface area contributed by atoms with Gasteiger partial charge in [0.2, 0.25) is 15.9 Å². The zero-order chi connectivity index (χ0) is 19.6. The first-order chi connectivity index (χ1) is 12.8. The molecule has 1 N–H and O–H groups in total. The summed E-state index contributed by atoms with van der Waals surface area (Å²) in [4.78, 5) is 12.8. The molecule has 27 heavy (non-hydrogen) atoms. The van der Waals surface area contributed by atoms with Crippen molar-refractivity contribution < 1.29 is 22.3 Å². The maximum atomic E-state index is 13.8. The average molecular weight is 392 g/mol. The predicted octanol–water partition coefficient (Wildman–Crippen LogP) is 2.93. The molecule has 144 valence electrons. The standard InChI is InChI=1S/C19H21FN2O4S/c1-13-9-10-14(26-2)12-18(13)27(24,25)22-11-5-8-17(22)19(23)21-16-7-4-3-6-15(16)20/h3-4,6-7,9-10,12,17H,5,8,11H2,1-2H3,(H,21,23)/t17-/m1/s1. The van der Waals surface area contributed by atoms with Gasteiger partial charge in [-0.25, -0.2) is 12.8 Å². The van der Waals surface area contributed by atoms with E-state index in [1.165, 1.54) is 35.7 Å². The molecule has 1 amide bonds. The number of para-hydroxylation sites is 1. The summed E-state index contributed by atoms with van der Waals surface area (Å²) in [5.41, 5.74) is 0.597. The highest BCUT2D eigenvalue weighted by Crippen LogP contribution is 2.30. The van der Waals surface area contributed by atoms with Crippen LogP contribution >= 0.6 is 0 Å². The molecule has 1 heterocycles. The van der Waals surface area contributed by atoms with Gasteiger partial charge < -0.3 is 10.1 Å². The van der Waals surface area contributed by atoms with Crippen molar-refractivity contribution in [2.45, 2.75) is 30.7 Å². The SMILES string of the molecule is COc1ccc(C)c(S(=O)(=O)N2CCC[C@@H]2C(=O)Nc2ccccc2F)c1. The number of rotatable bonds is 5. The highest BCUT2D eigenvalue weighted by atomic mass is 32.2. The Labute approximate surface area is 158 Å². The molecule has 0 bridgehead atoms. The lowest BCUT2D eigenvalue weighted by atomic mass is 10.2. The van der Waals surface area contributed by atoms with E-state index in [0.29, 0.717) is 24.2 Å². The molecule has 1 atom stereocenters. The lowest BCUT2D eigenvalue weighted by Crippen LogP contribution is -2.43. The molecule has 0 aliphatic carbocycles. The van der Waals surface area contributed by atoms with E-state index in [0.717, 1.165) is 0 Å². The number of sulfonamides is 1.